The largest absolute Gasteiger partial charge is 0.339 e. The van der Waals surface area contributed by atoms with E-state index in [1.165, 1.54) is 56.1 Å². The first-order valence-corrected chi connectivity index (χ1v) is 10.8. The van der Waals surface area contributed by atoms with E-state index in [4.69, 9.17) is 0 Å². The lowest BCUT2D eigenvalue weighted by Crippen LogP contribution is -2.46. The van der Waals surface area contributed by atoms with Crippen LogP contribution in [0.15, 0.2) is 24.3 Å². The van der Waals surface area contributed by atoms with Crippen molar-refractivity contribution in [2.75, 3.05) is 6.54 Å². The maximum absolute atomic E-state index is 12.6. The van der Waals surface area contributed by atoms with E-state index in [-0.39, 0.29) is 0 Å². The Balaban J connectivity index is 1.47. The van der Waals surface area contributed by atoms with E-state index < -0.39 is 0 Å². The molecule has 0 bridgehead atoms. The lowest BCUT2D eigenvalue weighted by Gasteiger charge is -2.39. The van der Waals surface area contributed by atoms with Gasteiger partial charge in [0, 0.05) is 19.5 Å². The minimum absolute atomic E-state index is 0.299. The Kier molecular flexibility index (Phi) is 4.88. The average Bonchev–Trinajstić information content (AvgIpc) is 3.14. The molecule has 5 atom stereocenters. The quantitative estimate of drug-likeness (QED) is 0.684. The fourth-order valence-electron chi connectivity index (χ4n) is 6.11. The highest BCUT2D eigenvalue weighted by Gasteiger charge is 2.58. The molecule has 0 N–H and O–H groups in total. The van der Waals surface area contributed by atoms with Gasteiger partial charge in [-0.1, -0.05) is 44.5 Å². The van der Waals surface area contributed by atoms with Crippen LogP contribution in [0.4, 0.5) is 0 Å². The molecule has 0 spiro atoms. The van der Waals surface area contributed by atoms with Gasteiger partial charge >= 0.3 is 0 Å². The lowest BCUT2D eigenvalue weighted by molar-refractivity contribution is -0.133. The zero-order valence-corrected chi connectivity index (χ0v) is 16.8. The van der Waals surface area contributed by atoms with Gasteiger partial charge in [0.05, 0.1) is 0 Å². The first-order chi connectivity index (χ1) is 12.5. The van der Waals surface area contributed by atoms with Crippen LogP contribution in [0.25, 0.3) is 0 Å². The Morgan fingerprint density at radius 1 is 1.27 bits per heavy atom. The summed E-state index contributed by atoms with van der Waals surface area (Å²) in [6.45, 7) is 7.51. The maximum Gasteiger partial charge on any atom is 0.219 e. The van der Waals surface area contributed by atoms with Crippen LogP contribution in [0.2, 0.25) is 0 Å². The first-order valence-electron chi connectivity index (χ1n) is 10.8. The van der Waals surface area contributed by atoms with Crippen molar-refractivity contribution in [3.05, 3.63) is 35.4 Å². The highest BCUT2D eigenvalue weighted by Crippen LogP contribution is 2.66. The van der Waals surface area contributed by atoms with E-state index in [2.05, 4.69) is 43.0 Å². The van der Waals surface area contributed by atoms with Crippen molar-refractivity contribution in [2.24, 2.45) is 23.2 Å². The molecule has 4 rings (SSSR count). The molecule has 3 aliphatic rings. The Morgan fingerprint density at radius 3 is 2.69 bits per heavy atom. The third-order valence-electron chi connectivity index (χ3n) is 7.69. The van der Waals surface area contributed by atoms with Gasteiger partial charge in [-0.25, -0.2) is 0 Å². The highest BCUT2D eigenvalue weighted by molar-refractivity contribution is 5.73. The van der Waals surface area contributed by atoms with Crippen molar-refractivity contribution in [1.82, 2.24) is 4.90 Å². The van der Waals surface area contributed by atoms with Crippen molar-refractivity contribution in [1.29, 1.82) is 0 Å². The number of hydrogen-bond donors (Lipinski definition) is 0. The van der Waals surface area contributed by atoms with Crippen LogP contribution in [0, 0.1) is 23.2 Å². The number of carbonyl (C=O) groups is 1. The Morgan fingerprint density at radius 2 is 2.04 bits per heavy atom. The number of nitrogens with zero attached hydrogens (tertiary/aromatic N) is 1. The SMILES string of the molecule is CCCC(C1CC2CC2(C)C1)N(CC1CCc2ccccc2C1)C(C)=O. The van der Waals surface area contributed by atoms with Crippen molar-refractivity contribution in [2.45, 2.75) is 78.2 Å². The van der Waals surface area contributed by atoms with E-state index in [0.717, 1.165) is 24.8 Å². The van der Waals surface area contributed by atoms with Crippen LogP contribution in [0.3, 0.4) is 0 Å². The number of carbonyl (C=O) groups excluding carboxylic acids is 1. The molecule has 2 saturated carbocycles. The molecule has 0 saturated heterocycles. The van der Waals surface area contributed by atoms with E-state index in [9.17, 15) is 4.79 Å². The molecule has 26 heavy (non-hydrogen) atoms. The monoisotopic (exact) mass is 353 g/mol. The molecule has 2 fully saturated rings. The first kappa shape index (κ1) is 18.1. The van der Waals surface area contributed by atoms with Crippen LogP contribution in [0.1, 0.15) is 70.4 Å². The Bertz CT molecular complexity index is 668. The second-order valence-corrected chi connectivity index (χ2v) is 9.66. The second kappa shape index (κ2) is 7.02. The summed E-state index contributed by atoms with van der Waals surface area (Å²) in [5.74, 6) is 2.61. The smallest absolute Gasteiger partial charge is 0.219 e. The van der Waals surface area contributed by atoms with Gasteiger partial charge in [-0.15, -0.1) is 0 Å². The normalized spacial score (nSPS) is 33.3. The predicted octanol–water partition coefficient (Wildman–Crippen LogP) is 5.24. The topological polar surface area (TPSA) is 20.3 Å². The van der Waals surface area contributed by atoms with Crippen LogP contribution in [-0.2, 0) is 17.6 Å². The van der Waals surface area contributed by atoms with E-state index >= 15 is 0 Å². The molecular formula is C24H35NO. The van der Waals surface area contributed by atoms with Gasteiger partial charge in [0.15, 0.2) is 0 Å². The summed E-state index contributed by atoms with van der Waals surface area (Å²) in [6.07, 6.45) is 10.0. The van der Waals surface area contributed by atoms with E-state index in [1.807, 2.05) is 0 Å². The van der Waals surface area contributed by atoms with Crippen molar-refractivity contribution in [3.8, 4) is 0 Å². The minimum Gasteiger partial charge on any atom is -0.339 e. The van der Waals surface area contributed by atoms with Gasteiger partial charge in [-0.3, -0.25) is 4.79 Å². The number of aryl methyl sites for hydroxylation is 1. The second-order valence-electron chi connectivity index (χ2n) is 9.66. The van der Waals surface area contributed by atoms with Crippen LogP contribution < -0.4 is 0 Å². The summed E-state index contributed by atoms with van der Waals surface area (Å²) in [5.41, 5.74) is 3.64. The molecule has 142 valence electrons. The summed E-state index contributed by atoms with van der Waals surface area (Å²) >= 11 is 0. The molecule has 1 aromatic carbocycles. The molecule has 0 aliphatic heterocycles. The molecule has 2 nitrogen and oxygen atoms in total. The zero-order chi connectivity index (χ0) is 18.3. The number of hydrogen-bond acceptors (Lipinski definition) is 1. The standard InChI is InChI=1S/C24H35NO/c1-4-7-23(21-13-22-15-24(22,3)14-21)25(17(2)26)16-18-10-11-19-8-5-6-9-20(19)12-18/h5-6,8-9,18,21-23H,4,7,10-16H2,1-3H3. The third-order valence-corrected chi connectivity index (χ3v) is 7.69. The Labute approximate surface area is 159 Å². The maximum atomic E-state index is 12.6. The molecule has 0 radical (unpaired) electrons. The molecule has 2 heteroatoms. The number of fused-ring (bicyclic) bond motifs is 2. The van der Waals surface area contributed by atoms with Gasteiger partial charge in [0.2, 0.25) is 5.91 Å². The molecule has 1 amide bonds. The molecular weight excluding hydrogens is 318 g/mol. The fraction of sp³-hybridized carbons (Fsp3) is 0.708. The van der Waals surface area contributed by atoms with E-state index in [0.29, 0.717) is 23.3 Å². The summed E-state index contributed by atoms with van der Waals surface area (Å²) in [6, 6.07) is 9.35. The van der Waals surface area contributed by atoms with Crippen LogP contribution in [-0.4, -0.2) is 23.4 Å². The van der Waals surface area contributed by atoms with Gasteiger partial charge in [0.1, 0.15) is 0 Å². The summed E-state index contributed by atoms with van der Waals surface area (Å²) < 4.78 is 0. The number of amides is 1. The third kappa shape index (κ3) is 3.44. The zero-order valence-electron chi connectivity index (χ0n) is 16.8. The van der Waals surface area contributed by atoms with Crippen LogP contribution >= 0.6 is 0 Å². The van der Waals surface area contributed by atoms with Gasteiger partial charge in [-0.05, 0) is 79.2 Å². The highest BCUT2D eigenvalue weighted by atomic mass is 16.2. The van der Waals surface area contributed by atoms with Gasteiger partial charge in [-0.2, -0.15) is 0 Å². The number of rotatable bonds is 6. The van der Waals surface area contributed by atoms with Crippen molar-refractivity contribution in [3.63, 3.8) is 0 Å². The summed E-state index contributed by atoms with van der Waals surface area (Å²) in [4.78, 5) is 14.9. The molecule has 0 aromatic heterocycles. The van der Waals surface area contributed by atoms with Gasteiger partial charge in [0.25, 0.3) is 0 Å². The van der Waals surface area contributed by atoms with Crippen molar-refractivity contribution >= 4 is 5.91 Å². The Hall–Kier alpha value is -1.31. The fourth-order valence-corrected chi connectivity index (χ4v) is 6.11. The number of benzene rings is 1. The average molecular weight is 354 g/mol. The molecule has 5 unspecified atom stereocenters. The minimum atomic E-state index is 0.299. The van der Waals surface area contributed by atoms with Gasteiger partial charge < -0.3 is 4.90 Å². The summed E-state index contributed by atoms with van der Waals surface area (Å²) in [5, 5.41) is 0. The lowest BCUT2D eigenvalue weighted by atomic mass is 9.82. The molecule has 0 heterocycles. The molecule has 1 aromatic rings. The van der Waals surface area contributed by atoms with Crippen molar-refractivity contribution < 1.29 is 4.79 Å². The summed E-state index contributed by atoms with van der Waals surface area (Å²) in [7, 11) is 0. The van der Waals surface area contributed by atoms with Crippen LogP contribution in [0.5, 0.6) is 0 Å². The van der Waals surface area contributed by atoms with E-state index in [1.54, 1.807) is 6.92 Å². The predicted molar refractivity (Wildman–Crippen MR) is 107 cm³/mol. The molecule has 3 aliphatic carbocycles.